The van der Waals surface area contributed by atoms with Crippen molar-refractivity contribution in [3.05, 3.63) is 70.8 Å². The van der Waals surface area contributed by atoms with Crippen LogP contribution in [0.1, 0.15) is 33.1 Å². The lowest BCUT2D eigenvalue weighted by atomic mass is 10.0. The first-order valence-electron chi connectivity index (χ1n) is 7.57. The molecule has 0 unspecified atom stereocenters. The second kappa shape index (κ2) is 6.54. The van der Waals surface area contributed by atoms with E-state index in [0.717, 1.165) is 28.5 Å². The van der Waals surface area contributed by atoms with Crippen molar-refractivity contribution in [1.82, 2.24) is 10.2 Å². The van der Waals surface area contributed by atoms with Crippen molar-refractivity contribution in [2.45, 2.75) is 20.3 Å². The summed E-state index contributed by atoms with van der Waals surface area (Å²) < 4.78 is 5.64. The predicted octanol–water partition coefficient (Wildman–Crippen LogP) is 3.12. The van der Waals surface area contributed by atoms with Gasteiger partial charge in [-0.05, 0) is 55.8 Å². The summed E-state index contributed by atoms with van der Waals surface area (Å²) in [4.78, 5) is 11.8. The number of aryl methyl sites for hydroxylation is 2. The molecule has 0 saturated carbocycles. The zero-order chi connectivity index (χ0) is 17.1. The van der Waals surface area contributed by atoms with E-state index < -0.39 is 5.91 Å². The zero-order valence-corrected chi connectivity index (χ0v) is 13.5. The molecule has 2 aromatic heterocycles. The number of furan rings is 1. The lowest BCUT2D eigenvalue weighted by Crippen LogP contribution is -2.15. The molecule has 3 N–H and O–H groups in total. The van der Waals surface area contributed by atoms with Gasteiger partial charge in [-0.2, -0.15) is 5.10 Å². The third kappa shape index (κ3) is 3.43. The van der Waals surface area contributed by atoms with Crippen LogP contribution in [0, 0.1) is 13.8 Å². The van der Waals surface area contributed by atoms with Gasteiger partial charge in [-0.15, -0.1) is 5.10 Å². The smallest absolute Gasteiger partial charge is 0.249 e. The van der Waals surface area contributed by atoms with Crippen LogP contribution in [0.2, 0.25) is 0 Å². The Labute approximate surface area is 139 Å². The van der Waals surface area contributed by atoms with E-state index in [-0.39, 0.29) is 0 Å². The number of hydrogen-bond acceptors (Lipinski definition) is 5. The lowest BCUT2D eigenvalue weighted by molar-refractivity contribution is 0.0999. The molecule has 3 rings (SSSR count). The van der Waals surface area contributed by atoms with Crippen molar-refractivity contribution in [2.24, 2.45) is 5.73 Å². The second-order valence-corrected chi connectivity index (χ2v) is 5.57. The van der Waals surface area contributed by atoms with E-state index >= 15 is 0 Å². The number of primary amides is 1. The number of aromatic nitrogens is 2. The SMILES string of the molecule is Cc1ccc(Nc2cccc(C(N)=O)c2Cc2ccc(C)o2)nn1. The van der Waals surface area contributed by atoms with Gasteiger partial charge in [0, 0.05) is 17.7 Å². The molecule has 2 heterocycles. The van der Waals surface area contributed by atoms with Crippen LogP contribution in [0.15, 0.2) is 46.9 Å². The topological polar surface area (TPSA) is 94.0 Å². The summed E-state index contributed by atoms with van der Waals surface area (Å²) >= 11 is 0. The van der Waals surface area contributed by atoms with Gasteiger partial charge < -0.3 is 15.5 Å². The number of amides is 1. The number of carbonyl (C=O) groups is 1. The van der Waals surface area contributed by atoms with Crippen molar-refractivity contribution in [2.75, 3.05) is 5.32 Å². The maximum atomic E-state index is 11.8. The van der Waals surface area contributed by atoms with Crippen LogP contribution >= 0.6 is 0 Å². The third-order valence-electron chi connectivity index (χ3n) is 3.65. The van der Waals surface area contributed by atoms with Gasteiger partial charge in [0.1, 0.15) is 11.5 Å². The van der Waals surface area contributed by atoms with E-state index in [0.29, 0.717) is 17.8 Å². The first kappa shape index (κ1) is 15.7. The Morgan fingerprint density at radius 1 is 1.12 bits per heavy atom. The molecule has 0 spiro atoms. The molecule has 122 valence electrons. The summed E-state index contributed by atoms with van der Waals surface area (Å²) in [7, 11) is 0. The molecule has 1 aromatic carbocycles. The molecule has 0 aliphatic rings. The largest absolute Gasteiger partial charge is 0.466 e. The fourth-order valence-electron chi connectivity index (χ4n) is 2.48. The number of anilines is 2. The molecule has 0 atom stereocenters. The Hall–Kier alpha value is -3.15. The number of nitrogens with zero attached hydrogens (tertiary/aromatic N) is 2. The number of carbonyl (C=O) groups excluding carboxylic acids is 1. The second-order valence-electron chi connectivity index (χ2n) is 5.57. The molecule has 0 bridgehead atoms. The highest BCUT2D eigenvalue weighted by molar-refractivity contribution is 5.96. The van der Waals surface area contributed by atoms with Gasteiger partial charge in [-0.25, -0.2) is 0 Å². The minimum absolute atomic E-state index is 0.453. The first-order chi connectivity index (χ1) is 11.5. The fourth-order valence-corrected chi connectivity index (χ4v) is 2.48. The van der Waals surface area contributed by atoms with Crippen molar-refractivity contribution in [3.8, 4) is 0 Å². The van der Waals surface area contributed by atoms with Gasteiger partial charge in [0.25, 0.3) is 0 Å². The summed E-state index contributed by atoms with van der Waals surface area (Å²) in [6.45, 7) is 3.75. The molecule has 0 fully saturated rings. The molecule has 24 heavy (non-hydrogen) atoms. The van der Waals surface area contributed by atoms with Gasteiger partial charge in [-0.1, -0.05) is 6.07 Å². The molecule has 0 saturated heterocycles. The van der Waals surface area contributed by atoms with Crippen LogP contribution in [0.25, 0.3) is 0 Å². The number of nitrogens with two attached hydrogens (primary N) is 1. The van der Waals surface area contributed by atoms with Crippen molar-refractivity contribution in [1.29, 1.82) is 0 Å². The summed E-state index contributed by atoms with van der Waals surface area (Å²) in [6, 6.07) is 12.8. The number of rotatable bonds is 5. The summed E-state index contributed by atoms with van der Waals surface area (Å²) in [5.74, 6) is 1.70. The van der Waals surface area contributed by atoms with Crippen molar-refractivity contribution < 1.29 is 9.21 Å². The maximum absolute atomic E-state index is 11.8. The summed E-state index contributed by atoms with van der Waals surface area (Å²) in [5.41, 5.74) is 8.33. The average Bonchev–Trinajstić information content (AvgIpc) is 2.96. The molecule has 3 aromatic rings. The fraction of sp³-hybridized carbons (Fsp3) is 0.167. The van der Waals surface area contributed by atoms with E-state index in [2.05, 4.69) is 15.5 Å². The molecule has 0 radical (unpaired) electrons. The molecular weight excluding hydrogens is 304 g/mol. The highest BCUT2D eigenvalue weighted by Crippen LogP contribution is 2.26. The zero-order valence-electron chi connectivity index (χ0n) is 13.5. The van der Waals surface area contributed by atoms with E-state index in [4.69, 9.17) is 10.2 Å². The monoisotopic (exact) mass is 322 g/mol. The van der Waals surface area contributed by atoms with Gasteiger partial charge in [0.2, 0.25) is 5.91 Å². The first-order valence-corrected chi connectivity index (χ1v) is 7.57. The van der Waals surface area contributed by atoms with Crippen molar-refractivity contribution >= 4 is 17.4 Å². The van der Waals surface area contributed by atoms with Gasteiger partial charge in [-0.3, -0.25) is 4.79 Å². The van der Waals surface area contributed by atoms with Gasteiger partial charge in [0.05, 0.1) is 5.69 Å². The molecular formula is C18H18N4O2. The van der Waals surface area contributed by atoms with Gasteiger partial charge in [0.15, 0.2) is 5.82 Å². The van der Waals surface area contributed by atoms with E-state index in [1.807, 2.05) is 44.2 Å². The Balaban J connectivity index is 1.99. The predicted molar refractivity (Wildman–Crippen MR) is 91.3 cm³/mol. The van der Waals surface area contributed by atoms with E-state index in [1.54, 1.807) is 12.1 Å². The third-order valence-corrected chi connectivity index (χ3v) is 3.65. The minimum atomic E-state index is -0.480. The molecule has 0 aliphatic carbocycles. The molecule has 0 aliphatic heterocycles. The van der Waals surface area contributed by atoms with Gasteiger partial charge >= 0.3 is 0 Å². The number of hydrogen-bond donors (Lipinski definition) is 2. The molecule has 6 nitrogen and oxygen atoms in total. The van der Waals surface area contributed by atoms with Crippen LogP contribution in [-0.2, 0) is 6.42 Å². The highest BCUT2D eigenvalue weighted by atomic mass is 16.3. The quantitative estimate of drug-likeness (QED) is 0.752. The Kier molecular flexibility index (Phi) is 4.29. The lowest BCUT2D eigenvalue weighted by Gasteiger charge is -2.13. The van der Waals surface area contributed by atoms with Crippen LogP contribution in [0.3, 0.4) is 0 Å². The standard InChI is InChI=1S/C18H18N4O2/c1-11-6-9-17(22-21-11)20-16-5-3-4-14(18(19)23)15(16)10-13-8-7-12(2)24-13/h3-9H,10H2,1-2H3,(H2,19,23)(H,20,22). The maximum Gasteiger partial charge on any atom is 0.249 e. The summed E-state index contributed by atoms with van der Waals surface area (Å²) in [5, 5.41) is 11.3. The van der Waals surface area contributed by atoms with Crippen LogP contribution in [0.4, 0.5) is 11.5 Å². The van der Waals surface area contributed by atoms with Crippen LogP contribution < -0.4 is 11.1 Å². The van der Waals surface area contributed by atoms with Crippen molar-refractivity contribution in [3.63, 3.8) is 0 Å². The number of benzene rings is 1. The minimum Gasteiger partial charge on any atom is -0.466 e. The molecule has 6 heteroatoms. The van der Waals surface area contributed by atoms with E-state index in [1.165, 1.54) is 0 Å². The normalized spacial score (nSPS) is 10.6. The van der Waals surface area contributed by atoms with Crippen LogP contribution in [-0.4, -0.2) is 16.1 Å². The Bertz CT molecular complexity index is 869. The number of nitrogens with one attached hydrogen (secondary N) is 1. The average molecular weight is 322 g/mol. The Morgan fingerprint density at radius 3 is 2.58 bits per heavy atom. The Morgan fingerprint density at radius 2 is 1.96 bits per heavy atom. The highest BCUT2D eigenvalue weighted by Gasteiger charge is 2.15. The van der Waals surface area contributed by atoms with Crippen LogP contribution in [0.5, 0.6) is 0 Å². The summed E-state index contributed by atoms with van der Waals surface area (Å²) in [6.07, 6.45) is 0.453. The van der Waals surface area contributed by atoms with E-state index in [9.17, 15) is 4.79 Å². The molecule has 1 amide bonds.